The molecule has 0 aliphatic heterocycles. The molecule has 0 atom stereocenters. The van der Waals surface area contributed by atoms with Gasteiger partial charge in [-0.25, -0.2) is 0 Å². The van der Waals surface area contributed by atoms with Gasteiger partial charge in [0.2, 0.25) is 0 Å². The van der Waals surface area contributed by atoms with Crippen LogP contribution in [0.25, 0.3) is 10.8 Å². The molecule has 3 N–H and O–H groups in total. The minimum absolute atomic E-state index is 0.0467. The van der Waals surface area contributed by atoms with Gasteiger partial charge in [0.25, 0.3) is 10.1 Å². The topological polar surface area (TPSA) is 80.4 Å². The van der Waals surface area contributed by atoms with Gasteiger partial charge in [0.1, 0.15) is 4.90 Å². The van der Waals surface area contributed by atoms with E-state index in [-0.39, 0.29) is 4.90 Å². The Bertz CT molecular complexity index is 665. The van der Waals surface area contributed by atoms with Crippen molar-refractivity contribution in [2.45, 2.75) is 17.7 Å². The van der Waals surface area contributed by atoms with E-state index in [0.717, 1.165) is 23.8 Å². The summed E-state index contributed by atoms with van der Waals surface area (Å²) >= 11 is 0. The van der Waals surface area contributed by atoms with Gasteiger partial charge in [0.15, 0.2) is 0 Å². The fourth-order valence-electron chi connectivity index (χ4n) is 2.08. The molecule has 0 amide bonds. The molecule has 2 aromatic carbocycles. The van der Waals surface area contributed by atoms with E-state index in [9.17, 15) is 13.0 Å². The van der Waals surface area contributed by atoms with Crippen LogP contribution in [0, 0.1) is 0 Å². The lowest BCUT2D eigenvalue weighted by Crippen LogP contribution is -2.02. The molecule has 0 aliphatic carbocycles. The zero-order valence-corrected chi connectivity index (χ0v) is 10.7. The van der Waals surface area contributed by atoms with Crippen molar-refractivity contribution in [3.8, 4) is 0 Å². The molecule has 0 unspecified atom stereocenters. The first-order valence-electron chi connectivity index (χ1n) is 5.72. The second kappa shape index (κ2) is 5.06. The Kier molecular flexibility index (Phi) is 3.65. The van der Waals surface area contributed by atoms with Crippen LogP contribution in [0.5, 0.6) is 0 Å². The van der Waals surface area contributed by atoms with E-state index >= 15 is 0 Å². The Hall–Kier alpha value is -1.43. The molecule has 0 saturated heterocycles. The largest absolute Gasteiger partial charge is 0.330 e. The molecule has 0 heterocycles. The van der Waals surface area contributed by atoms with Crippen LogP contribution in [-0.2, 0) is 16.5 Å². The molecule has 0 radical (unpaired) electrons. The van der Waals surface area contributed by atoms with Crippen LogP contribution in [-0.4, -0.2) is 19.5 Å². The highest BCUT2D eigenvalue weighted by Gasteiger charge is 2.14. The van der Waals surface area contributed by atoms with Crippen molar-refractivity contribution in [1.29, 1.82) is 0 Å². The third-order valence-electron chi connectivity index (χ3n) is 2.90. The van der Waals surface area contributed by atoms with Crippen LogP contribution >= 0.6 is 0 Å². The summed E-state index contributed by atoms with van der Waals surface area (Å²) in [6.45, 7) is 0.592. The Morgan fingerprint density at radius 2 is 1.72 bits per heavy atom. The molecule has 2 rings (SSSR count). The molecule has 0 aromatic heterocycles. The average Bonchev–Trinajstić information content (AvgIpc) is 2.34. The van der Waals surface area contributed by atoms with Gasteiger partial charge in [0.05, 0.1) is 0 Å². The number of benzene rings is 2. The van der Waals surface area contributed by atoms with Gasteiger partial charge in [0, 0.05) is 5.39 Å². The minimum Gasteiger partial charge on any atom is -0.330 e. The molecule has 96 valence electrons. The Morgan fingerprint density at radius 1 is 1.06 bits per heavy atom. The van der Waals surface area contributed by atoms with Crippen LogP contribution in [0.1, 0.15) is 12.0 Å². The fraction of sp³-hybridized carbons (Fsp3) is 0.231. The number of rotatable bonds is 4. The van der Waals surface area contributed by atoms with E-state index in [2.05, 4.69) is 0 Å². The summed E-state index contributed by atoms with van der Waals surface area (Å²) in [7, 11) is -4.19. The molecule has 0 bridgehead atoms. The molecule has 0 aliphatic rings. The number of fused-ring (bicyclic) bond motifs is 1. The van der Waals surface area contributed by atoms with Gasteiger partial charge in [-0.3, -0.25) is 4.55 Å². The second-order valence-electron chi connectivity index (χ2n) is 4.14. The molecule has 2 aromatic rings. The van der Waals surface area contributed by atoms with E-state index in [1.807, 2.05) is 12.1 Å². The summed E-state index contributed by atoms with van der Waals surface area (Å²) in [5.74, 6) is 0. The highest BCUT2D eigenvalue weighted by Crippen LogP contribution is 2.26. The van der Waals surface area contributed by atoms with Crippen molar-refractivity contribution in [2.75, 3.05) is 6.54 Å². The monoisotopic (exact) mass is 265 g/mol. The molecule has 18 heavy (non-hydrogen) atoms. The lowest BCUT2D eigenvalue weighted by Gasteiger charge is -2.08. The minimum atomic E-state index is -4.19. The fourth-order valence-corrected chi connectivity index (χ4v) is 2.79. The molecule has 0 saturated carbocycles. The molecule has 0 fully saturated rings. The first-order valence-corrected chi connectivity index (χ1v) is 7.16. The van der Waals surface area contributed by atoms with Crippen LogP contribution in [0.15, 0.2) is 41.3 Å². The molecular weight excluding hydrogens is 250 g/mol. The molecular formula is C13H15NO3S. The lowest BCUT2D eigenvalue weighted by molar-refractivity contribution is 0.484. The van der Waals surface area contributed by atoms with E-state index in [4.69, 9.17) is 5.73 Å². The number of hydrogen-bond donors (Lipinski definition) is 2. The van der Waals surface area contributed by atoms with Gasteiger partial charge in [-0.2, -0.15) is 8.42 Å². The number of aryl methyl sites for hydroxylation is 1. The maximum atomic E-state index is 11.3. The molecule has 4 nitrogen and oxygen atoms in total. The van der Waals surface area contributed by atoms with Crippen molar-refractivity contribution in [1.82, 2.24) is 0 Å². The van der Waals surface area contributed by atoms with Crippen LogP contribution in [0.4, 0.5) is 0 Å². The summed E-state index contributed by atoms with van der Waals surface area (Å²) in [4.78, 5) is -0.0467. The van der Waals surface area contributed by atoms with Crippen LogP contribution < -0.4 is 5.73 Å². The number of nitrogens with two attached hydrogens (primary N) is 1. The van der Waals surface area contributed by atoms with E-state index in [0.29, 0.717) is 11.9 Å². The summed E-state index contributed by atoms with van der Waals surface area (Å²) < 4.78 is 31.8. The quantitative estimate of drug-likeness (QED) is 0.828. The third kappa shape index (κ3) is 2.53. The Balaban J connectivity index is 2.66. The van der Waals surface area contributed by atoms with Crippen molar-refractivity contribution in [3.63, 3.8) is 0 Å². The van der Waals surface area contributed by atoms with E-state index in [1.165, 1.54) is 6.07 Å². The normalized spacial score (nSPS) is 11.9. The number of hydrogen-bond acceptors (Lipinski definition) is 3. The maximum Gasteiger partial charge on any atom is 0.295 e. The summed E-state index contributed by atoms with van der Waals surface area (Å²) in [6, 6.07) is 10.3. The zero-order chi connectivity index (χ0) is 13.2. The molecule has 0 spiro atoms. The first-order chi connectivity index (χ1) is 8.54. The van der Waals surface area contributed by atoms with Gasteiger partial charge < -0.3 is 5.73 Å². The molecule has 5 heteroatoms. The summed E-state index contributed by atoms with van der Waals surface area (Å²) in [5, 5.41) is 1.40. The van der Waals surface area contributed by atoms with Gasteiger partial charge in [-0.15, -0.1) is 0 Å². The van der Waals surface area contributed by atoms with Crippen LogP contribution in [0.2, 0.25) is 0 Å². The lowest BCUT2D eigenvalue weighted by atomic mass is 10.0. The average molecular weight is 265 g/mol. The Morgan fingerprint density at radius 3 is 2.39 bits per heavy atom. The predicted molar refractivity (Wildman–Crippen MR) is 71.1 cm³/mol. The van der Waals surface area contributed by atoms with Crippen molar-refractivity contribution >= 4 is 20.9 Å². The van der Waals surface area contributed by atoms with Gasteiger partial charge in [-0.05, 0) is 36.4 Å². The standard InChI is InChI=1S/C13H15NO3S/c14-9-3-5-10-4-1-7-12-11(10)6-2-8-13(12)18(15,16)17/h1-2,4,6-8H,3,5,9,14H2,(H,15,16,17). The van der Waals surface area contributed by atoms with Crippen LogP contribution in [0.3, 0.4) is 0 Å². The van der Waals surface area contributed by atoms with E-state index in [1.54, 1.807) is 18.2 Å². The third-order valence-corrected chi connectivity index (χ3v) is 3.81. The maximum absolute atomic E-state index is 11.3. The second-order valence-corrected chi connectivity index (χ2v) is 5.53. The first kappa shape index (κ1) is 13.0. The van der Waals surface area contributed by atoms with Crippen molar-refractivity contribution in [3.05, 3.63) is 42.0 Å². The van der Waals surface area contributed by atoms with Crippen molar-refractivity contribution in [2.24, 2.45) is 5.73 Å². The highest BCUT2D eigenvalue weighted by molar-refractivity contribution is 7.86. The smallest absolute Gasteiger partial charge is 0.295 e. The zero-order valence-electron chi connectivity index (χ0n) is 9.83. The summed E-state index contributed by atoms with van der Waals surface area (Å²) in [5.41, 5.74) is 6.53. The van der Waals surface area contributed by atoms with Gasteiger partial charge in [-0.1, -0.05) is 30.3 Å². The van der Waals surface area contributed by atoms with E-state index < -0.39 is 10.1 Å². The highest BCUT2D eigenvalue weighted by atomic mass is 32.2. The summed E-state index contributed by atoms with van der Waals surface area (Å²) in [6.07, 6.45) is 1.64. The predicted octanol–water partition coefficient (Wildman–Crippen LogP) is 1.98. The Labute approximate surface area is 106 Å². The van der Waals surface area contributed by atoms with Gasteiger partial charge >= 0.3 is 0 Å². The van der Waals surface area contributed by atoms with Crippen molar-refractivity contribution < 1.29 is 13.0 Å². The SMILES string of the molecule is NCCCc1cccc2c(S(=O)(=O)O)cccc12.